The highest BCUT2D eigenvalue weighted by Crippen LogP contribution is 2.21. The highest BCUT2D eigenvalue weighted by atomic mass is 32.2. The van der Waals surface area contributed by atoms with Crippen molar-refractivity contribution in [1.29, 1.82) is 0 Å². The molecule has 0 saturated heterocycles. The minimum absolute atomic E-state index is 0.807. The highest BCUT2D eigenvalue weighted by molar-refractivity contribution is 7.98. The van der Waals surface area contributed by atoms with Gasteiger partial charge in [0.1, 0.15) is 5.82 Å². The lowest BCUT2D eigenvalue weighted by molar-refractivity contribution is 0.767. The van der Waals surface area contributed by atoms with Crippen molar-refractivity contribution in [3.63, 3.8) is 0 Å². The Morgan fingerprint density at radius 3 is 2.69 bits per heavy atom. The molecule has 1 aromatic heterocycles. The molecule has 74 valence electrons. The van der Waals surface area contributed by atoms with Gasteiger partial charge in [0, 0.05) is 18.4 Å². The average molecular weight is 199 g/mol. The van der Waals surface area contributed by atoms with Crippen molar-refractivity contribution >= 4 is 17.6 Å². The van der Waals surface area contributed by atoms with Gasteiger partial charge < -0.3 is 5.73 Å². The van der Waals surface area contributed by atoms with E-state index in [1.165, 1.54) is 17.7 Å². The van der Waals surface area contributed by atoms with Crippen molar-refractivity contribution in [2.45, 2.75) is 26.0 Å². The lowest BCUT2D eigenvalue weighted by Crippen LogP contribution is -1.99. The minimum Gasteiger partial charge on any atom is -0.384 e. The van der Waals surface area contributed by atoms with E-state index in [-0.39, 0.29) is 0 Å². The van der Waals surface area contributed by atoms with Crippen molar-refractivity contribution in [3.05, 3.63) is 11.3 Å². The quantitative estimate of drug-likeness (QED) is 0.754. The molecule has 0 spiro atoms. The molecule has 1 rings (SSSR count). The summed E-state index contributed by atoms with van der Waals surface area (Å²) in [5.74, 6) is 2.98. The monoisotopic (exact) mass is 199 g/mol. The first kappa shape index (κ1) is 10.4. The number of nitrogen functional groups attached to an aromatic ring is 1. The number of rotatable bonds is 4. The maximum Gasteiger partial charge on any atom is 0.125 e. The van der Waals surface area contributed by atoms with Crippen molar-refractivity contribution in [2.24, 2.45) is 7.05 Å². The molecule has 0 aliphatic carbocycles. The summed E-state index contributed by atoms with van der Waals surface area (Å²) in [6, 6.07) is 0. The molecule has 1 aromatic rings. The van der Waals surface area contributed by atoms with Gasteiger partial charge in [-0.25, -0.2) is 0 Å². The number of thioether (sulfide) groups is 1. The molecule has 0 amide bonds. The van der Waals surface area contributed by atoms with Crippen LogP contribution >= 0.6 is 11.8 Å². The SMILES string of the molecule is CCCSCc1c(C)nn(C)c1N. The van der Waals surface area contributed by atoms with Crippen LogP contribution in [0.1, 0.15) is 24.6 Å². The maximum absolute atomic E-state index is 5.87. The molecule has 0 aliphatic rings. The summed E-state index contributed by atoms with van der Waals surface area (Å²) in [6.07, 6.45) is 1.21. The second-order valence-electron chi connectivity index (χ2n) is 3.13. The van der Waals surface area contributed by atoms with Crippen molar-refractivity contribution < 1.29 is 0 Å². The van der Waals surface area contributed by atoms with E-state index in [0.717, 1.165) is 17.3 Å². The minimum atomic E-state index is 0.807. The molecule has 0 aliphatic heterocycles. The van der Waals surface area contributed by atoms with Crippen LogP contribution in [0.3, 0.4) is 0 Å². The molecule has 0 unspecified atom stereocenters. The maximum atomic E-state index is 5.87. The molecule has 0 atom stereocenters. The van der Waals surface area contributed by atoms with Crippen molar-refractivity contribution in [2.75, 3.05) is 11.5 Å². The molecular weight excluding hydrogens is 182 g/mol. The largest absolute Gasteiger partial charge is 0.384 e. The van der Waals surface area contributed by atoms with Gasteiger partial charge in [-0.05, 0) is 19.1 Å². The number of anilines is 1. The number of aromatic nitrogens is 2. The van der Waals surface area contributed by atoms with E-state index < -0.39 is 0 Å². The third kappa shape index (κ3) is 2.40. The van der Waals surface area contributed by atoms with Crippen molar-refractivity contribution in [1.82, 2.24) is 9.78 Å². The van der Waals surface area contributed by atoms with Crippen LogP contribution in [-0.2, 0) is 12.8 Å². The zero-order valence-electron chi connectivity index (χ0n) is 8.50. The number of nitrogens with zero attached hydrogens (tertiary/aromatic N) is 2. The Morgan fingerprint density at radius 1 is 1.54 bits per heavy atom. The second kappa shape index (κ2) is 4.56. The Labute approximate surface area is 83.7 Å². The van der Waals surface area contributed by atoms with E-state index in [1.807, 2.05) is 25.7 Å². The molecular formula is C9H17N3S. The molecule has 2 N–H and O–H groups in total. The number of hydrogen-bond acceptors (Lipinski definition) is 3. The van der Waals surface area contributed by atoms with Crippen LogP contribution in [0.5, 0.6) is 0 Å². The van der Waals surface area contributed by atoms with Gasteiger partial charge in [0.05, 0.1) is 5.69 Å². The summed E-state index contributed by atoms with van der Waals surface area (Å²) >= 11 is 1.91. The van der Waals surface area contributed by atoms with E-state index in [1.54, 1.807) is 4.68 Å². The van der Waals surface area contributed by atoms with E-state index in [2.05, 4.69) is 12.0 Å². The normalized spacial score (nSPS) is 10.7. The number of nitrogens with two attached hydrogens (primary N) is 1. The Hall–Kier alpha value is -0.640. The van der Waals surface area contributed by atoms with E-state index in [9.17, 15) is 0 Å². The molecule has 0 radical (unpaired) electrons. The van der Waals surface area contributed by atoms with Crippen LogP contribution in [0.25, 0.3) is 0 Å². The lowest BCUT2D eigenvalue weighted by Gasteiger charge is -2.00. The van der Waals surface area contributed by atoms with Crippen LogP contribution in [0.4, 0.5) is 5.82 Å². The van der Waals surface area contributed by atoms with Gasteiger partial charge in [-0.3, -0.25) is 4.68 Å². The fraction of sp³-hybridized carbons (Fsp3) is 0.667. The Bertz CT molecular complexity index is 281. The first-order valence-electron chi connectivity index (χ1n) is 4.52. The second-order valence-corrected chi connectivity index (χ2v) is 4.23. The smallest absolute Gasteiger partial charge is 0.125 e. The fourth-order valence-electron chi connectivity index (χ4n) is 1.22. The number of aryl methyl sites for hydroxylation is 2. The van der Waals surface area contributed by atoms with Gasteiger partial charge in [-0.2, -0.15) is 16.9 Å². The molecule has 3 nitrogen and oxygen atoms in total. The molecule has 13 heavy (non-hydrogen) atoms. The van der Waals surface area contributed by atoms with E-state index in [4.69, 9.17) is 5.73 Å². The van der Waals surface area contributed by atoms with Gasteiger partial charge in [-0.1, -0.05) is 6.92 Å². The number of hydrogen-bond donors (Lipinski definition) is 1. The predicted octanol–water partition coefficient (Wildman–Crippen LogP) is 1.95. The molecule has 0 saturated carbocycles. The summed E-state index contributed by atoms with van der Waals surface area (Å²) in [6.45, 7) is 4.20. The summed E-state index contributed by atoms with van der Waals surface area (Å²) in [5, 5.41) is 4.27. The van der Waals surface area contributed by atoms with Crippen LogP contribution in [0.2, 0.25) is 0 Å². The summed E-state index contributed by atoms with van der Waals surface area (Å²) in [7, 11) is 1.89. The van der Waals surface area contributed by atoms with Gasteiger partial charge >= 0.3 is 0 Å². The third-order valence-electron chi connectivity index (χ3n) is 1.99. The first-order valence-corrected chi connectivity index (χ1v) is 5.68. The summed E-state index contributed by atoms with van der Waals surface area (Å²) in [5.41, 5.74) is 8.13. The molecule has 0 fully saturated rings. The van der Waals surface area contributed by atoms with Crippen LogP contribution in [-0.4, -0.2) is 15.5 Å². The molecule has 1 heterocycles. The van der Waals surface area contributed by atoms with Crippen LogP contribution < -0.4 is 5.73 Å². The topological polar surface area (TPSA) is 43.8 Å². The summed E-state index contributed by atoms with van der Waals surface area (Å²) in [4.78, 5) is 0. The molecule has 4 heteroatoms. The van der Waals surface area contributed by atoms with Crippen molar-refractivity contribution in [3.8, 4) is 0 Å². The first-order chi connectivity index (χ1) is 6.16. The summed E-state index contributed by atoms with van der Waals surface area (Å²) < 4.78 is 1.75. The van der Waals surface area contributed by atoms with Crippen LogP contribution in [0.15, 0.2) is 0 Å². The Balaban J connectivity index is 2.64. The standard InChI is InChI=1S/C9H17N3S/c1-4-5-13-6-8-7(2)11-12(3)9(8)10/h4-6,10H2,1-3H3. The molecule has 0 bridgehead atoms. The van der Waals surface area contributed by atoms with Gasteiger partial charge in [0.25, 0.3) is 0 Å². The average Bonchev–Trinajstić information content (AvgIpc) is 2.32. The Kier molecular flexibility index (Phi) is 3.66. The fourth-order valence-corrected chi connectivity index (χ4v) is 2.21. The zero-order valence-corrected chi connectivity index (χ0v) is 9.32. The molecule has 0 aromatic carbocycles. The third-order valence-corrected chi connectivity index (χ3v) is 3.18. The zero-order chi connectivity index (χ0) is 9.84. The van der Waals surface area contributed by atoms with Gasteiger partial charge in [-0.15, -0.1) is 0 Å². The predicted molar refractivity (Wildman–Crippen MR) is 58.8 cm³/mol. The Morgan fingerprint density at radius 2 is 2.23 bits per heavy atom. The highest BCUT2D eigenvalue weighted by Gasteiger charge is 2.08. The van der Waals surface area contributed by atoms with Gasteiger partial charge in [0.2, 0.25) is 0 Å². The van der Waals surface area contributed by atoms with E-state index in [0.29, 0.717) is 0 Å². The van der Waals surface area contributed by atoms with Gasteiger partial charge in [0.15, 0.2) is 0 Å². The van der Waals surface area contributed by atoms with Crippen LogP contribution in [0, 0.1) is 6.92 Å². The van der Waals surface area contributed by atoms with E-state index >= 15 is 0 Å². The lowest BCUT2D eigenvalue weighted by atomic mass is 10.3.